The van der Waals surface area contributed by atoms with Crippen LogP contribution < -0.4 is 204 Å². The van der Waals surface area contributed by atoms with Crippen molar-refractivity contribution in [1.29, 1.82) is 0 Å². The van der Waals surface area contributed by atoms with Crippen LogP contribution in [0.3, 0.4) is 0 Å². The maximum Gasteiger partial charge on any atom is 2.00 e. The molecule has 720 valence electrons. The van der Waals surface area contributed by atoms with Crippen molar-refractivity contribution in [1.82, 2.24) is 0 Å². The van der Waals surface area contributed by atoms with Gasteiger partial charge in [0.2, 0.25) is 0 Å². The van der Waals surface area contributed by atoms with E-state index in [2.05, 4.69) is 0 Å². The molecule has 0 saturated carbocycles. The SMILES string of the molecule is O=C(O)O.O=C(O)O.O=C(O)O.O=C(O)O.O=C(O)O.O=C(O)O.O=C(O)O.O=C(O)O.O=C(O)O.O=C(O)O.O=C([O-])[O-].O=C([O-])[O-].O=C([O-])[O-].O=C([O-])[O-].O=C([O-])[O-].O=C([O-])[O-].O=C([O-])[O-].O=C([O-])[O-].O=C([O-])[O-].O=C([O-])[O-].O=C([O-])[O-].O=C([O-])[O-].O=C([O-])[O-].O=C([O-])[O-].O=C([O-])[O-].O=C([O-])[O-].O=C([O-])[O-].O=C([O-])[O-].O=C([O-])[O-].O=C([O-])[O-].[Ca+2].[Ca+2].[Ca+2].[Ca+2].[Ca+2].[Ca+2].[Ca+2].[Ca+2].[Ca+2].[Ca+2].[Ca+2].[Ca+2].[Ca+2].[Ca+2].[Ca+2].[Ca+2].[Ca+2].[Ca+2].[Ca+2].[Ca+2]. The molecule has 0 aliphatic carbocycles. The zero-order chi connectivity index (χ0) is 107. The Hall–Kier alpha value is 3.29. The van der Waals surface area contributed by atoms with Crippen molar-refractivity contribution >= 4 is 939 Å². The predicted molar refractivity (Wildman–Crippen MR) is 330 cm³/mol. The van der Waals surface area contributed by atoms with Crippen molar-refractivity contribution in [3.05, 3.63) is 0 Å². The third-order valence-electron chi connectivity index (χ3n) is 0. The smallest absolute Gasteiger partial charge is 0.652 e. The van der Waals surface area contributed by atoms with E-state index in [-0.39, 0.29) is 755 Å². The summed E-state index contributed by atoms with van der Waals surface area (Å²) in [5.74, 6) is 0. The van der Waals surface area contributed by atoms with E-state index in [1.807, 2.05) is 0 Å². The van der Waals surface area contributed by atoms with Crippen LogP contribution in [0.2, 0.25) is 0 Å². The summed E-state index contributed by atoms with van der Waals surface area (Å²) in [5, 5.41) is 473. The van der Waals surface area contributed by atoms with E-state index in [0.717, 1.165) is 0 Å². The van der Waals surface area contributed by atoms with E-state index in [0.29, 0.717) is 0 Å². The summed E-state index contributed by atoms with van der Waals surface area (Å²) in [5.41, 5.74) is 0. The number of hydrogen-bond acceptors (Lipinski definition) is 70. The molecule has 0 fully saturated rings. The molecule has 0 unspecified atom stereocenters. The Morgan fingerprint density at radius 2 is 0.0714 bits per heavy atom. The standard InChI is InChI=1S/30CH2O3.20Ca/c30*2-1(3)4;;;;;;;;;;;;;;;;;;;;/h30*(H2,2,3,4);;;;;;;;;;;;;;;;;;;;/q;;;;;;;;;;;;;;;;;;;;;;;;;;;;;;20*+2/p-40. The summed E-state index contributed by atoms with van der Waals surface area (Å²) in [6, 6.07) is 0. The van der Waals surface area contributed by atoms with Crippen LogP contribution in [0.15, 0.2) is 0 Å². The molecular formula is C30H20Ca20O90. The molecule has 0 aliphatic heterocycles. The number of carboxylic acid groups (broad SMARTS) is 60. The van der Waals surface area contributed by atoms with Crippen molar-refractivity contribution in [3.8, 4) is 0 Å². The summed E-state index contributed by atoms with van der Waals surface area (Å²) in [6.07, 6.45) is -65.0. The van der Waals surface area contributed by atoms with Crippen molar-refractivity contribution in [3.63, 3.8) is 0 Å². The Bertz CT molecular complexity index is 1750. The van der Waals surface area contributed by atoms with Crippen molar-refractivity contribution in [2.24, 2.45) is 0 Å². The normalized spacial score (nSPS) is 5.14. The van der Waals surface area contributed by atoms with Gasteiger partial charge in [0.15, 0.2) is 0 Å². The fraction of sp³-hybridized carbons (Fsp3) is 0. The zero-order valence-electron chi connectivity index (χ0n) is 66.7. The van der Waals surface area contributed by atoms with Crippen LogP contribution in [-0.2, 0) is 0 Å². The largest absolute Gasteiger partial charge is 2.00 e. The molecule has 0 amide bonds. The summed E-state index contributed by atoms with van der Waals surface area (Å²) >= 11 is 0. The van der Waals surface area contributed by atoms with Gasteiger partial charge in [0.25, 0.3) is 0 Å². The minimum absolute atomic E-state index is 0. The molecule has 0 radical (unpaired) electrons. The van der Waals surface area contributed by atoms with Crippen molar-refractivity contribution in [2.75, 3.05) is 0 Å². The third kappa shape index (κ3) is 256000. The molecule has 90 nitrogen and oxygen atoms in total. The molecule has 0 spiro atoms. The molecule has 0 aliphatic rings. The molecule has 0 saturated heterocycles. The van der Waals surface area contributed by atoms with E-state index in [1.54, 1.807) is 0 Å². The molecule has 110 heteroatoms. The summed E-state index contributed by atoms with van der Waals surface area (Å²) in [4.78, 5) is 252. The number of carbonyl (C=O) groups excluding carboxylic acids is 20. The molecule has 0 atom stereocenters. The van der Waals surface area contributed by atoms with Gasteiger partial charge in [0.05, 0.1) is 0 Å². The Kier molecular flexibility index (Phi) is 777. The Morgan fingerprint density at radius 1 is 0.0714 bits per heavy atom. The first-order valence-electron chi connectivity index (χ1n) is 18.8. The predicted octanol–water partition coefficient (Wildman–Crippen LogP) is -54.3. The van der Waals surface area contributed by atoms with Crippen LogP contribution in [0.1, 0.15) is 0 Å². The Morgan fingerprint density at radius 3 is 0.0714 bits per heavy atom. The summed E-state index contributed by atoms with van der Waals surface area (Å²) in [7, 11) is 0. The fourth-order valence-corrected chi connectivity index (χ4v) is 0. The molecule has 140 heavy (non-hydrogen) atoms. The Balaban J connectivity index is -0.0000000124. The van der Waals surface area contributed by atoms with Gasteiger partial charge in [-0.1, -0.05) is 0 Å². The van der Waals surface area contributed by atoms with Gasteiger partial charge in [-0.05, 0) is 123 Å². The maximum atomic E-state index is 8.56. The van der Waals surface area contributed by atoms with E-state index in [4.69, 9.17) is 450 Å². The molecule has 0 rings (SSSR count). The minimum atomic E-state index is -2.33. The number of carbonyl (C=O) groups is 30. The van der Waals surface area contributed by atoms with Crippen LogP contribution in [0.5, 0.6) is 0 Å². The second-order valence-corrected chi connectivity index (χ2v) is 7.83. The van der Waals surface area contributed by atoms with E-state index in [1.165, 1.54) is 0 Å². The minimum Gasteiger partial charge on any atom is -0.652 e. The summed E-state index contributed by atoms with van der Waals surface area (Å²) in [6.45, 7) is 0. The fourth-order valence-electron chi connectivity index (χ4n) is 0. The van der Waals surface area contributed by atoms with Gasteiger partial charge in [0.1, 0.15) is 0 Å². The van der Waals surface area contributed by atoms with Crippen molar-refractivity contribution < 1.29 is 450 Å². The molecule has 0 aromatic carbocycles. The van der Waals surface area contributed by atoms with Crippen LogP contribution in [0, 0.1) is 0 Å². The average Bonchev–Trinajstić information content (AvgIpc) is 3.29. The first-order valence-corrected chi connectivity index (χ1v) is 18.8. The Labute approximate surface area is 1360 Å². The van der Waals surface area contributed by atoms with Gasteiger partial charge < -0.3 is 402 Å². The van der Waals surface area contributed by atoms with E-state index < -0.39 is 185 Å². The van der Waals surface area contributed by atoms with Gasteiger partial charge in [0, 0.05) is 0 Å². The molecule has 0 aromatic heterocycles. The molecule has 0 heterocycles. The maximum absolute atomic E-state index is 8.56. The molecular weight excluding hydrogens is 2600 g/mol. The average molecular weight is 2620 g/mol. The van der Waals surface area contributed by atoms with Gasteiger partial charge >= 0.3 is 816 Å². The first-order chi connectivity index (χ1) is 52.0. The molecule has 0 bridgehead atoms. The van der Waals surface area contributed by atoms with E-state index >= 15 is 0 Å². The molecule has 0 aromatic rings. The zero-order valence-corrected chi connectivity index (χ0v) is 111. The quantitative estimate of drug-likeness (QED) is 0.100. The first kappa shape index (κ1) is 333. The van der Waals surface area contributed by atoms with Crippen LogP contribution in [0.25, 0.3) is 0 Å². The number of hydrogen-bond donors (Lipinski definition) is 20. The number of rotatable bonds is 0. The van der Waals surface area contributed by atoms with Crippen LogP contribution in [0.4, 0.5) is 144 Å². The van der Waals surface area contributed by atoms with Gasteiger partial charge in [-0.15, -0.1) is 0 Å². The van der Waals surface area contributed by atoms with Crippen LogP contribution in [-0.4, -0.2) is 1040 Å². The third-order valence-corrected chi connectivity index (χ3v) is 0. The van der Waals surface area contributed by atoms with Crippen LogP contribution >= 0.6 is 0 Å². The second kappa shape index (κ2) is 326. The van der Waals surface area contributed by atoms with Crippen molar-refractivity contribution in [2.45, 2.75) is 0 Å². The van der Waals surface area contributed by atoms with Gasteiger partial charge in [-0.3, -0.25) is 0 Å². The monoisotopic (exact) mass is 2620 g/mol. The topological polar surface area (TPSA) is 1840 Å². The second-order valence-electron chi connectivity index (χ2n) is 7.83. The molecule has 20 N–H and O–H groups in total. The van der Waals surface area contributed by atoms with Gasteiger partial charge in [-0.2, -0.15) is 0 Å². The van der Waals surface area contributed by atoms with E-state index in [9.17, 15) is 0 Å². The summed E-state index contributed by atoms with van der Waals surface area (Å²) < 4.78 is 0. The van der Waals surface area contributed by atoms with Gasteiger partial charge in [-0.25, -0.2) is 47.9 Å².